The molecule has 0 spiro atoms. The Labute approximate surface area is 163 Å². The molecule has 148 valence electrons. The fourth-order valence-corrected chi connectivity index (χ4v) is 2.86. The van der Waals surface area contributed by atoms with Gasteiger partial charge < -0.3 is 14.0 Å². The molecule has 0 fully saturated rings. The summed E-state index contributed by atoms with van der Waals surface area (Å²) in [4.78, 5) is 12.9. The highest BCUT2D eigenvalue weighted by molar-refractivity contribution is 5.71. The van der Waals surface area contributed by atoms with Crippen molar-refractivity contribution in [1.29, 1.82) is 0 Å². The number of imidazole rings is 1. The van der Waals surface area contributed by atoms with Crippen LogP contribution in [0.1, 0.15) is 11.4 Å². The van der Waals surface area contributed by atoms with Gasteiger partial charge in [-0.25, -0.2) is 9.97 Å². The van der Waals surface area contributed by atoms with Crippen molar-refractivity contribution < 1.29 is 22.6 Å². The number of fused-ring (bicyclic) bond motifs is 1. The highest BCUT2D eigenvalue weighted by Crippen LogP contribution is 2.28. The molecule has 0 atom stereocenters. The van der Waals surface area contributed by atoms with Gasteiger partial charge >= 0.3 is 12.4 Å². The molecule has 0 aliphatic carbocycles. The molecule has 0 aliphatic heterocycles. The van der Waals surface area contributed by atoms with Crippen LogP contribution in [0.4, 0.5) is 13.2 Å². The third-order valence-corrected chi connectivity index (χ3v) is 4.09. The average molecular weight is 400 g/mol. The summed E-state index contributed by atoms with van der Waals surface area (Å²) in [6.07, 6.45) is -3.27. The monoisotopic (exact) mass is 400 g/mol. The predicted octanol–water partition coefficient (Wildman–Crippen LogP) is 4.87. The molecule has 2 aromatic carbocycles. The molecule has 2 aromatic heterocycles. The van der Waals surface area contributed by atoms with Crippen LogP contribution >= 0.6 is 0 Å². The molecule has 4 rings (SSSR count). The van der Waals surface area contributed by atoms with Crippen molar-refractivity contribution in [2.45, 2.75) is 19.8 Å². The van der Waals surface area contributed by atoms with Gasteiger partial charge in [-0.1, -0.05) is 36.4 Å². The maximum Gasteiger partial charge on any atom is 0.573 e. The molecule has 4 aromatic rings. The first kappa shape index (κ1) is 18.7. The lowest BCUT2D eigenvalue weighted by Crippen LogP contribution is -2.17. The van der Waals surface area contributed by atoms with E-state index in [4.69, 9.17) is 4.74 Å². The lowest BCUT2D eigenvalue weighted by molar-refractivity contribution is -0.274. The molecule has 0 unspecified atom stereocenters. The minimum absolute atomic E-state index is 0.00382. The first-order valence-corrected chi connectivity index (χ1v) is 8.65. The van der Waals surface area contributed by atoms with Crippen LogP contribution in [-0.2, 0) is 6.54 Å². The van der Waals surface area contributed by atoms with Gasteiger partial charge in [0.15, 0.2) is 5.65 Å². The van der Waals surface area contributed by atoms with Gasteiger partial charge in [0.1, 0.15) is 22.8 Å². The minimum atomic E-state index is -4.78. The molecule has 29 heavy (non-hydrogen) atoms. The molecule has 0 radical (unpaired) electrons. The number of halogens is 3. The Morgan fingerprint density at radius 3 is 2.48 bits per heavy atom. The Hall–Kier alpha value is -3.62. The van der Waals surface area contributed by atoms with Gasteiger partial charge in [-0.3, -0.25) is 0 Å². The summed E-state index contributed by atoms with van der Waals surface area (Å²) in [6, 6.07) is 15.0. The van der Waals surface area contributed by atoms with Crippen LogP contribution in [0.15, 0.2) is 60.8 Å². The number of aryl methyl sites for hydroxylation is 1. The van der Waals surface area contributed by atoms with E-state index in [1.165, 1.54) is 24.4 Å². The normalized spacial score (nSPS) is 11.6. The van der Waals surface area contributed by atoms with Gasteiger partial charge in [0, 0.05) is 6.07 Å². The number of ether oxygens (including phenoxy) is 2. The highest BCUT2D eigenvalue weighted by Gasteiger charge is 2.31. The summed E-state index contributed by atoms with van der Waals surface area (Å²) in [6.45, 7) is 2.43. The number of nitrogens with zero attached hydrogens (tertiary/aromatic N) is 4. The highest BCUT2D eigenvalue weighted by atomic mass is 19.4. The first-order chi connectivity index (χ1) is 13.9. The smallest absolute Gasteiger partial charge is 0.424 e. The third kappa shape index (κ3) is 4.45. The fraction of sp³-hybridized carbons (Fsp3) is 0.150. The van der Waals surface area contributed by atoms with E-state index in [1.807, 2.05) is 41.8 Å². The Morgan fingerprint density at radius 1 is 0.966 bits per heavy atom. The van der Waals surface area contributed by atoms with Crippen LogP contribution in [0.3, 0.4) is 0 Å². The second-order valence-electron chi connectivity index (χ2n) is 6.22. The topological polar surface area (TPSA) is 62.1 Å². The maximum atomic E-state index is 12.4. The van der Waals surface area contributed by atoms with Crippen molar-refractivity contribution in [2.24, 2.45) is 0 Å². The number of alkyl halides is 3. The van der Waals surface area contributed by atoms with E-state index in [9.17, 15) is 13.2 Å². The standard InChI is InChI=1S/C20H15F3N4O2/c1-13-25-17-11-24-19(26-18(17)27(13)12-14-6-3-2-4-7-14)28-15-8-5-9-16(10-15)29-20(21,22)23/h2-11H,12H2,1H3. The quantitative estimate of drug-likeness (QED) is 0.478. The summed E-state index contributed by atoms with van der Waals surface area (Å²) in [5.74, 6) is 0.494. The summed E-state index contributed by atoms with van der Waals surface area (Å²) in [7, 11) is 0. The minimum Gasteiger partial charge on any atom is -0.424 e. The fourth-order valence-electron chi connectivity index (χ4n) is 2.86. The maximum absolute atomic E-state index is 12.4. The van der Waals surface area contributed by atoms with E-state index < -0.39 is 6.36 Å². The van der Waals surface area contributed by atoms with Gasteiger partial charge in [0.25, 0.3) is 0 Å². The van der Waals surface area contributed by atoms with E-state index in [1.54, 1.807) is 0 Å². The SMILES string of the molecule is Cc1nc2cnc(Oc3cccc(OC(F)(F)F)c3)nc2n1Cc1ccccc1. The van der Waals surface area contributed by atoms with Crippen LogP contribution in [-0.4, -0.2) is 25.9 Å². The average Bonchev–Trinajstić information content (AvgIpc) is 2.97. The van der Waals surface area contributed by atoms with Gasteiger partial charge in [0.05, 0.1) is 12.7 Å². The molecule has 0 saturated heterocycles. The first-order valence-electron chi connectivity index (χ1n) is 8.65. The number of aromatic nitrogens is 4. The predicted molar refractivity (Wildman–Crippen MR) is 98.8 cm³/mol. The molecule has 9 heteroatoms. The van der Waals surface area contributed by atoms with Gasteiger partial charge in [-0.2, -0.15) is 4.98 Å². The molecule has 0 bridgehead atoms. The number of hydrogen-bond donors (Lipinski definition) is 0. The van der Waals surface area contributed by atoms with E-state index in [0.717, 1.165) is 17.5 Å². The lowest BCUT2D eigenvalue weighted by Gasteiger charge is -2.10. The second-order valence-corrected chi connectivity index (χ2v) is 6.22. The molecular weight excluding hydrogens is 385 g/mol. The molecule has 0 amide bonds. The van der Waals surface area contributed by atoms with Crippen molar-refractivity contribution in [3.05, 3.63) is 72.2 Å². The Bertz CT molecular complexity index is 1140. The summed E-state index contributed by atoms with van der Waals surface area (Å²) in [5, 5.41) is 0. The molecule has 2 heterocycles. The molecule has 0 N–H and O–H groups in total. The van der Waals surface area contributed by atoms with E-state index in [0.29, 0.717) is 17.7 Å². The van der Waals surface area contributed by atoms with E-state index in [2.05, 4.69) is 19.7 Å². The Kier molecular flexibility index (Phi) is 4.79. The van der Waals surface area contributed by atoms with E-state index in [-0.39, 0.29) is 17.5 Å². The van der Waals surface area contributed by atoms with Crippen molar-refractivity contribution in [1.82, 2.24) is 19.5 Å². The zero-order valence-electron chi connectivity index (χ0n) is 15.2. The summed E-state index contributed by atoms with van der Waals surface area (Å²) < 4.78 is 48.6. The number of benzene rings is 2. The molecule has 0 aliphatic rings. The van der Waals surface area contributed by atoms with Crippen molar-refractivity contribution in [3.63, 3.8) is 0 Å². The van der Waals surface area contributed by atoms with Crippen LogP contribution in [0.25, 0.3) is 11.2 Å². The molecular formula is C20H15F3N4O2. The Morgan fingerprint density at radius 2 is 1.72 bits per heavy atom. The third-order valence-electron chi connectivity index (χ3n) is 4.09. The van der Waals surface area contributed by atoms with Gasteiger partial charge in [-0.15, -0.1) is 13.2 Å². The van der Waals surface area contributed by atoms with Crippen molar-refractivity contribution in [3.8, 4) is 17.5 Å². The van der Waals surface area contributed by atoms with Crippen LogP contribution in [0.2, 0.25) is 0 Å². The van der Waals surface area contributed by atoms with Crippen LogP contribution in [0, 0.1) is 6.92 Å². The number of rotatable bonds is 5. The van der Waals surface area contributed by atoms with Crippen LogP contribution in [0.5, 0.6) is 17.5 Å². The number of hydrogen-bond acceptors (Lipinski definition) is 5. The van der Waals surface area contributed by atoms with Crippen molar-refractivity contribution in [2.75, 3.05) is 0 Å². The second kappa shape index (κ2) is 7.42. The molecule has 6 nitrogen and oxygen atoms in total. The van der Waals surface area contributed by atoms with E-state index >= 15 is 0 Å². The zero-order chi connectivity index (χ0) is 20.4. The summed E-state index contributed by atoms with van der Waals surface area (Å²) >= 11 is 0. The van der Waals surface area contributed by atoms with Gasteiger partial charge in [-0.05, 0) is 24.6 Å². The van der Waals surface area contributed by atoms with Crippen molar-refractivity contribution >= 4 is 11.2 Å². The molecule has 0 saturated carbocycles. The lowest BCUT2D eigenvalue weighted by atomic mass is 10.2. The Balaban J connectivity index is 1.62. The largest absolute Gasteiger partial charge is 0.573 e. The summed E-state index contributed by atoms with van der Waals surface area (Å²) in [5.41, 5.74) is 2.24. The zero-order valence-corrected chi connectivity index (χ0v) is 15.2. The van der Waals surface area contributed by atoms with Crippen LogP contribution < -0.4 is 9.47 Å². The van der Waals surface area contributed by atoms with Gasteiger partial charge in [0.2, 0.25) is 0 Å².